The van der Waals surface area contributed by atoms with Crippen molar-refractivity contribution in [3.63, 3.8) is 0 Å². The molecule has 37 heavy (non-hydrogen) atoms. The zero-order valence-electron chi connectivity index (χ0n) is 18.7. The van der Waals surface area contributed by atoms with E-state index in [1.165, 1.54) is 36.5 Å². The maximum Gasteiger partial charge on any atom is 0.264 e. The summed E-state index contributed by atoms with van der Waals surface area (Å²) in [6, 6.07) is 20.3. The van der Waals surface area contributed by atoms with Gasteiger partial charge in [-0.25, -0.2) is 13.8 Å². The van der Waals surface area contributed by atoms with Crippen molar-refractivity contribution < 1.29 is 17.6 Å². The second-order valence-corrected chi connectivity index (χ2v) is 11.2. The molecule has 12 heteroatoms. The third-order valence-corrected chi connectivity index (χ3v) is 7.73. The van der Waals surface area contributed by atoms with E-state index < -0.39 is 22.5 Å². The third-order valence-electron chi connectivity index (χ3n) is 4.96. The highest BCUT2D eigenvalue weighted by Crippen LogP contribution is 2.32. The van der Waals surface area contributed by atoms with Crippen LogP contribution in [0.3, 0.4) is 0 Å². The molecule has 0 spiro atoms. The molecular weight excluding hydrogens is 580 g/mol. The first-order chi connectivity index (χ1) is 17.6. The van der Waals surface area contributed by atoms with Crippen molar-refractivity contribution in [2.45, 2.75) is 4.90 Å². The van der Waals surface area contributed by atoms with Crippen molar-refractivity contribution in [1.82, 2.24) is 5.43 Å². The summed E-state index contributed by atoms with van der Waals surface area (Å²) in [7, 11) is -4.13. The molecule has 0 unspecified atom stereocenters. The minimum Gasteiger partial charge on any atom is -0.455 e. The molecule has 0 aliphatic rings. The summed E-state index contributed by atoms with van der Waals surface area (Å²) in [4.78, 5) is 12.7. The SMILES string of the molecule is O=C(CN(c1cc(Cl)cc(Cl)c1)S(=O)(=O)c1ccccc1)N/N=C/c1ccc(-c2ccc(Cl)cc2Cl)o1. The van der Waals surface area contributed by atoms with E-state index in [1.807, 2.05) is 0 Å². The Bertz CT molecular complexity index is 1550. The highest BCUT2D eigenvalue weighted by molar-refractivity contribution is 7.92. The molecule has 0 atom stereocenters. The van der Waals surface area contributed by atoms with Crippen molar-refractivity contribution in [1.29, 1.82) is 0 Å². The summed E-state index contributed by atoms with van der Waals surface area (Å²) in [5.74, 6) is 0.100. The van der Waals surface area contributed by atoms with E-state index in [2.05, 4.69) is 10.5 Å². The van der Waals surface area contributed by atoms with E-state index in [-0.39, 0.29) is 20.6 Å². The van der Waals surface area contributed by atoms with Crippen LogP contribution < -0.4 is 9.73 Å². The smallest absolute Gasteiger partial charge is 0.264 e. The minimum absolute atomic E-state index is 0.00799. The predicted molar refractivity (Wildman–Crippen MR) is 147 cm³/mol. The Balaban J connectivity index is 1.52. The number of carbonyl (C=O) groups excluding carboxylic acids is 1. The summed E-state index contributed by atoms with van der Waals surface area (Å²) in [6.45, 7) is -0.588. The number of hydrogen-bond acceptors (Lipinski definition) is 5. The van der Waals surface area contributed by atoms with Crippen LogP contribution in [0, 0.1) is 0 Å². The Labute approximate surface area is 233 Å². The first-order valence-corrected chi connectivity index (χ1v) is 13.5. The number of hydrazone groups is 1. The number of halogens is 4. The van der Waals surface area contributed by atoms with Gasteiger partial charge in [-0.15, -0.1) is 0 Å². The lowest BCUT2D eigenvalue weighted by atomic mass is 10.2. The predicted octanol–water partition coefficient (Wildman–Crippen LogP) is 6.91. The number of nitrogens with zero attached hydrogens (tertiary/aromatic N) is 2. The number of nitrogens with one attached hydrogen (secondary N) is 1. The fourth-order valence-electron chi connectivity index (χ4n) is 3.31. The van der Waals surface area contributed by atoms with Crippen LogP contribution in [0.5, 0.6) is 0 Å². The van der Waals surface area contributed by atoms with Crippen molar-refractivity contribution in [2.75, 3.05) is 10.8 Å². The van der Waals surface area contributed by atoms with Crippen LogP contribution in [0.4, 0.5) is 5.69 Å². The summed E-state index contributed by atoms with van der Waals surface area (Å²) in [6.07, 6.45) is 1.28. The number of anilines is 1. The number of rotatable bonds is 8. The number of amides is 1. The molecule has 7 nitrogen and oxygen atoms in total. The van der Waals surface area contributed by atoms with E-state index in [0.717, 1.165) is 4.31 Å². The molecule has 0 bridgehead atoms. The highest BCUT2D eigenvalue weighted by atomic mass is 35.5. The maximum absolute atomic E-state index is 13.4. The van der Waals surface area contributed by atoms with E-state index in [1.54, 1.807) is 48.5 Å². The molecule has 0 radical (unpaired) electrons. The highest BCUT2D eigenvalue weighted by Gasteiger charge is 2.27. The maximum atomic E-state index is 13.4. The van der Waals surface area contributed by atoms with Crippen molar-refractivity contribution in [3.05, 3.63) is 105 Å². The Hall–Kier alpha value is -3.01. The Morgan fingerprint density at radius 1 is 0.892 bits per heavy atom. The zero-order chi connectivity index (χ0) is 26.6. The third kappa shape index (κ3) is 6.66. The average molecular weight is 597 g/mol. The van der Waals surface area contributed by atoms with Crippen molar-refractivity contribution >= 4 is 74.2 Å². The summed E-state index contributed by atoms with van der Waals surface area (Å²) < 4.78 is 33.3. The van der Waals surface area contributed by atoms with Gasteiger partial charge in [-0.3, -0.25) is 9.10 Å². The van der Waals surface area contributed by atoms with Gasteiger partial charge in [0.05, 0.1) is 21.8 Å². The van der Waals surface area contributed by atoms with Gasteiger partial charge in [0.2, 0.25) is 0 Å². The van der Waals surface area contributed by atoms with Gasteiger partial charge in [0.1, 0.15) is 18.1 Å². The van der Waals surface area contributed by atoms with Gasteiger partial charge < -0.3 is 4.42 Å². The molecule has 1 aromatic heterocycles. The van der Waals surface area contributed by atoms with E-state index in [9.17, 15) is 13.2 Å². The van der Waals surface area contributed by atoms with E-state index in [4.69, 9.17) is 50.8 Å². The Morgan fingerprint density at radius 2 is 1.59 bits per heavy atom. The van der Waals surface area contributed by atoms with Gasteiger partial charge in [0.25, 0.3) is 15.9 Å². The molecular formula is C25H17Cl4N3O4S. The number of furan rings is 1. The van der Waals surface area contributed by atoms with Gasteiger partial charge in [0.15, 0.2) is 0 Å². The zero-order valence-corrected chi connectivity index (χ0v) is 22.6. The van der Waals surface area contributed by atoms with Gasteiger partial charge in [-0.05, 0) is 60.7 Å². The average Bonchev–Trinajstić information content (AvgIpc) is 3.31. The molecule has 1 N–H and O–H groups in total. The minimum atomic E-state index is -4.13. The summed E-state index contributed by atoms with van der Waals surface area (Å²) in [5.41, 5.74) is 3.06. The normalized spacial score (nSPS) is 11.6. The molecule has 1 amide bonds. The number of carbonyl (C=O) groups is 1. The molecule has 0 saturated heterocycles. The first-order valence-electron chi connectivity index (χ1n) is 10.5. The molecule has 4 rings (SSSR count). The van der Waals surface area contributed by atoms with Gasteiger partial charge in [-0.1, -0.05) is 64.6 Å². The second kappa shape index (κ2) is 11.6. The van der Waals surface area contributed by atoms with Crippen LogP contribution in [-0.4, -0.2) is 27.1 Å². The number of benzene rings is 3. The fraction of sp³-hybridized carbons (Fsp3) is 0.0400. The topological polar surface area (TPSA) is 92.0 Å². The molecule has 3 aromatic carbocycles. The van der Waals surface area contributed by atoms with Crippen LogP contribution in [0.25, 0.3) is 11.3 Å². The van der Waals surface area contributed by atoms with Gasteiger partial charge in [-0.2, -0.15) is 5.10 Å². The standard InChI is InChI=1S/C25H17Cl4N3O4S/c26-16-6-8-22(23(29)13-16)24-9-7-20(36-24)14-30-31-25(33)15-32(19-11-17(27)10-18(28)12-19)37(34,35)21-4-2-1-3-5-21/h1-14H,15H2,(H,31,33)/b30-14+. The monoisotopic (exact) mass is 595 g/mol. The second-order valence-electron chi connectivity index (χ2n) is 7.57. The van der Waals surface area contributed by atoms with Crippen LogP contribution in [-0.2, 0) is 14.8 Å². The molecule has 0 saturated carbocycles. The summed E-state index contributed by atoms with van der Waals surface area (Å²) in [5, 5.41) is 5.21. The van der Waals surface area contributed by atoms with Crippen LogP contribution >= 0.6 is 46.4 Å². The van der Waals surface area contributed by atoms with Crippen LogP contribution in [0.1, 0.15) is 5.76 Å². The molecule has 0 aliphatic heterocycles. The number of hydrogen-bond donors (Lipinski definition) is 1. The van der Waals surface area contributed by atoms with E-state index in [0.29, 0.717) is 27.1 Å². The lowest BCUT2D eigenvalue weighted by Gasteiger charge is -2.24. The van der Waals surface area contributed by atoms with Crippen molar-refractivity contribution in [3.8, 4) is 11.3 Å². The molecule has 190 valence electrons. The molecule has 0 aliphatic carbocycles. The fourth-order valence-corrected chi connectivity index (χ4v) is 5.75. The van der Waals surface area contributed by atoms with E-state index >= 15 is 0 Å². The lowest BCUT2D eigenvalue weighted by Crippen LogP contribution is -2.39. The quantitative estimate of drug-likeness (QED) is 0.177. The van der Waals surface area contributed by atoms with Gasteiger partial charge >= 0.3 is 0 Å². The molecule has 1 heterocycles. The first kappa shape index (κ1) is 27.0. The summed E-state index contributed by atoms with van der Waals surface area (Å²) >= 11 is 24.3. The number of sulfonamides is 1. The van der Waals surface area contributed by atoms with Crippen LogP contribution in [0.15, 0.2) is 93.3 Å². The van der Waals surface area contributed by atoms with Crippen LogP contribution in [0.2, 0.25) is 20.1 Å². The molecule has 0 fully saturated rings. The van der Waals surface area contributed by atoms with Crippen molar-refractivity contribution in [2.24, 2.45) is 5.10 Å². The molecule has 4 aromatic rings. The Kier molecular flexibility index (Phi) is 8.46. The van der Waals surface area contributed by atoms with Gasteiger partial charge in [0, 0.05) is 20.6 Å². The lowest BCUT2D eigenvalue weighted by molar-refractivity contribution is -0.119. The largest absolute Gasteiger partial charge is 0.455 e. The Morgan fingerprint density at radius 3 is 2.27 bits per heavy atom.